The van der Waals surface area contributed by atoms with Crippen LogP contribution < -0.4 is 27.4 Å². The van der Waals surface area contributed by atoms with Crippen molar-refractivity contribution in [3.8, 4) is 0 Å². The molecule has 174 valence electrons. The Bertz CT molecular complexity index is 343. The summed E-state index contributed by atoms with van der Waals surface area (Å²) in [7, 11) is 0. The molecule has 0 unspecified atom stereocenters. The molecule has 0 saturated carbocycles. The van der Waals surface area contributed by atoms with Gasteiger partial charge < -0.3 is 46.4 Å². The first-order valence-corrected chi connectivity index (χ1v) is 10.7. The summed E-state index contributed by atoms with van der Waals surface area (Å²) in [6.45, 7) is 10.6. The second kappa shape index (κ2) is 23.4. The fourth-order valence-corrected chi connectivity index (χ4v) is 2.31. The van der Waals surface area contributed by atoms with Crippen LogP contribution >= 0.6 is 0 Å². The minimum absolute atomic E-state index is 0.0149. The first-order chi connectivity index (χ1) is 14.3. The number of hydrogen-bond acceptors (Lipinski definition) is 9. The molecule has 10 heteroatoms. The summed E-state index contributed by atoms with van der Waals surface area (Å²) in [6, 6.07) is 0. The van der Waals surface area contributed by atoms with Gasteiger partial charge in [0.05, 0.1) is 52.2 Å². The van der Waals surface area contributed by atoms with Crippen molar-refractivity contribution >= 4 is 5.91 Å². The van der Waals surface area contributed by atoms with Crippen molar-refractivity contribution < 1.29 is 23.7 Å². The topological polar surface area (TPSA) is 142 Å². The van der Waals surface area contributed by atoms with Gasteiger partial charge in [-0.05, 0) is 6.42 Å². The maximum Gasteiger partial charge on any atom is 0.225 e. The maximum atomic E-state index is 12.3. The number of rotatable bonds is 23. The highest BCUT2D eigenvalue weighted by molar-refractivity contribution is 5.79. The van der Waals surface area contributed by atoms with Crippen LogP contribution in [0.2, 0.25) is 0 Å². The van der Waals surface area contributed by atoms with Crippen LogP contribution in [0.25, 0.3) is 0 Å². The molecule has 1 amide bonds. The Hall–Kier alpha value is -0.850. The lowest BCUT2D eigenvalue weighted by atomic mass is 10.1. The van der Waals surface area contributed by atoms with Gasteiger partial charge in [0, 0.05) is 52.4 Å². The van der Waals surface area contributed by atoms with E-state index in [4.69, 9.17) is 30.4 Å². The predicted molar refractivity (Wildman–Crippen MR) is 114 cm³/mol. The van der Waals surface area contributed by atoms with Crippen LogP contribution in [0, 0.1) is 5.92 Å². The summed E-state index contributed by atoms with van der Waals surface area (Å²) in [5.41, 5.74) is 10.9. The summed E-state index contributed by atoms with van der Waals surface area (Å²) < 4.78 is 21.6. The van der Waals surface area contributed by atoms with Gasteiger partial charge in [-0.15, -0.1) is 0 Å². The van der Waals surface area contributed by atoms with E-state index in [0.717, 1.165) is 13.0 Å². The highest BCUT2D eigenvalue weighted by Gasteiger charge is 2.17. The molecule has 0 aliphatic rings. The van der Waals surface area contributed by atoms with Gasteiger partial charge in [0.25, 0.3) is 0 Å². The zero-order valence-corrected chi connectivity index (χ0v) is 18.1. The summed E-state index contributed by atoms with van der Waals surface area (Å²) in [5.74, 6) is -0.192. The molecule has 10 nitrogen and oxygen atoms in total. The number of carbonyl (C=O) groups excluding carboxylic acids is 1. The summed E-state index contributed by atoms with van der Waals surface area (Å²) in [6.07, 6.45) is 1.02. The Labute approximate surface area is 175 Å². The normalized spacial score (nSPS) is 11.3. The lowest BCUT2D eigenvalue weighted by Gasteiger charge is -2.18. The van der Waals surface area contributed by atoms with E-state index in [1.165, 1.54) is 0 Å². The summed E-state index contributed by atoms with van der Waals surface area (Å²) in [5, 5.41) is 9.24. The molecule has 0 aliphatic carbocycles. The lowest BCUT2D eigenvalue weighted by Crippen LogP contribution is -2.44. The third kappa shape index (κ3) is 20.2. The predicted octanol–water partition coefficient (Wildman–Crippen LogP) is -1.71. The van der Waals surface area contributed by atoms with Crippen molar-refractivity contribution in [2.75, 3.05) is 98.7 Å². The molecule has 0 bridgehead atoms. The highest BCUT2D eigenvalue weighted by Crippen LogP contribution is 1.93. The van der Waals surface area contributed by atoms with Crippen LogP contribution in [0.1, 0.15) is 13.3 Å². The van der Waals surface area contributed by atoms with Gasteiger partial charge >= 0.3 is 0 Å². The zero-order chi connectivity index (χ0) is 21.4. The number of nitrogens with one attached hydrogen (secondary N) is 3. The Kier molecular flexibility index (Phi) is 22.7. The SMILES string of the molecule is CCCOCCOCCOCCOCCNC(=O)C(CNCCN)CNCCN. The first kappa shape index (κ1) is 28.1. The van der Waals surface area contributed by atoms with Gasteiger partial charge in [-0.2, -0.15) is 0 Å². The molecule has 0 radical (unpaired) electrons. The van der Waals surface area contributed by atoms with Crippen molar-refractivity contribution in [2.45, 2.75) is 13.3 Å². The van der Waals surface area contributed by atoms with Gasteiger partial charge in [-0.3, -0.25) is 4.79 Å². The van der Waals surface area contributed by atoms with Crippen LogP contribution in [-0.2, 0) is 23.7 Å². The molecule has 0 fully saturated rings. The zero-order valence-electron chi connectivity index (χ0n) is 18.1. The Balaban J connectivity index is 3.56. The van der Waals surface area contributed by atoms with E-state index in [1.54, 1.807) is 0 Å². The average molecular weight is 422 g/mol. The van der Waals surface area contributed by atoms with Crippen molar-refractivity contribution in [1.82, 2.24) is 16.0 Å². The smallest absolute Gasteiger partial charge is 0.225 e. The van der Waals surface area contributed by atoms with E-state index in [-0.39, 0.29) is 11.8 Å². The van der Waals surface area contributed by atoms with E-state index in [1.807, 2.05) is 0 Å². The maximum absolute atomic E-state index is 12.3. The van der Waals surface area contributed by atoms with Gasteiger partial charge in [0.1, 0.15) is 0 Å². The van der Waals surface area contributed by atoms with Gasteiger partial charge in [0.2, 0.25) is 5.91 Å². The number of carbonyl (C=O) groups is 1. The van der Waals surface area contributed by atoms with Crippen LogP contribution in [0.15, 0.2) is 0 Å². The Morgan fingerprint density at radius 3 is 1.62 bits per heavy atom. The van der Waals surface area contributed by atoms with E-state index in [9.17, 15) is 4.79 Å². The van der Waals surface area contributed by atoms with Crippen molar-refractivity contribution in [3.05, 3.63) is 0 Å². The quantitative estimate of drug-likeness (QED) is 0.122. The monoisotopic (exact) mass is 421 g/mol. The van der Waals surface area contributed by atoms with Gasteiger partial charge in [-0.25, -0.2) is 0 Å². The van der Waals surface area contributed by atoms with Crippen molar-refractivity contribution in [1.29, 1.82) is 0 Å². The molecule has 0 atom stereocenters. The number of amides is 1. The van der Waals surface area contributed by atoms with Crippen LogP contribution in [-0.4, -0.2) is 105 Å². The third-order valence-electron chi connectivity index (χ3n) is 3.80. The second-order valence-corrected chi connectivity index (χ2v) is 6.42. The number of ether oxygens (including phenoxy) is 4. The molecule has 0 spiro atoms. The minimum Gasteiger partial charge on any atom is -0.379 e. The molecule has 29 heavy (non-hydrogen) atoms. The standard InChI is InChI=1S/C19H43N5O5/c1-2-8-26-10-12-28-14-15-29-13-11-27-9-7-24-19(25)18(16-22-5-3-20)17-23-6-4-21/h18,22-23H,2-17,20-21H2,1H3,(H,24,25). The van der Waals surface area contributed by atoms with E-state index in [2.05, 4.69) is 22.9 Å². The number of nitrogens with two attached hydrogens (primary N) is 2. The van der Waals surface area contributed by atoms with Gasteiger partial charge in [-0.1, -0.05) is 6.92 Å². The van der Waals surface area contributed by atoms with Crippen molar-refractivity contribution in [3.63, 3.8) is 0 Å². The molecule has 0 heterocycles. The molecule has 0 aliphatic heterocycles. The first-order valence-electron chi connectivity index (χ1n) is 10.7. The van der Waals surface area contributed by atoms with Crippen LogP contribution in [0.5, 0.6) is 0 Å². The number of hydrogen-bond donors (Lipinski definition) is 5. The molecule has 7 N–H and O–H groups in total. The molecule has 0 aromatic rings. The molecule has 0 aromatic carbocycles. The fraction of sp³-hybridized carbons (Fsp3) is 0.947. The third-order valence-corrected chi connectivity index (χ3v) is 3.80. The molecular formula is C19H43N5O5. The summed E-state index contributed by atoms with van der Waals surface area (Å²) in [4.78, 5) is 12.3. The second-order valence-electron chi connectivity index (χ2n) is 6.42. The largest absolute Gasteiger partial charge is 0.379 e. The Morgan fingerprint density at radius 1 is 0.724 bits per heavy atom. The van der Waals surface area contributed by atoms with E-state index < -0.39 is 0 Å². The van der Waals surface area contributed by atoms with Gasteiger partial charge in [0.15, 0.2) is 0 Å². The molecule has 0 saturated heterocycles. The fourth-order valence-electron chi connectivity index (χ4n) is 2.31. The van der Waals surface area contributed by atoms with Crippen LogP contribution in [0.4, 0.5) is 0 Å². The lowest BCUT2D eigenvalue weighted by molar-refractivity contribution is -0.125. The van der Waals surface area contributed by atoms with Crippen molar-refractivity contribution in [2.24, 2.45) is 17.4 Å². The van der Waals surface area contributed by atoms with E-state index >= 15 is 0 Å². The Morgan fingerprint density at radius 2 is 1.17 bits per heavy atom. The van der Waals surface area contributed by atoms with E-state index in [0.29, 0.717) is 92.1 Å². The molecule has 0 aromatic heterocycles. The highest BCUT2D eigenvalue weighted by atomic mass is 16.6. The molecular weight excluding hydrogens is 378 g/mol. The summed E-state index contributed by atoms with van der Waals surface area (Å²) >= 11 is 0. The van der Waals surface area contributed by atoms with Crippen LogP contribution in [0.3, 0.4) is 0 Å². The minimum atomic E-state index is -0.177. The average Bonchev–Trinajstić information content (AvgIpc) is 2.73. The molecule has 0 rings (SSSR count).